The third-order valence-corrected chi connectivity index (χ3v) is 7.39. The lowest BCUT2D eigenvalue weighted by atomic mass is 9.88. The summed E-state index contributed by atoms with van der Waals surface area (Å²) < 4.78 is 33.9. The molecule has 2 aliphatic carbocycles. The number of nitrogens with one attached hydrogen (secondary N) is 1. The lowest BCUT2D eigenvalue weighted by Crippen LogP contribution is -2.39. The van der Waals surface area contributed by atoms with Crippen LogP contribution in [0.15, 0.2) is 34.9 Å². The van der Waals surface area contributed by atoms with Gasteiger partial charge in [0.05, 0.1) is 6.04 Å². The second-order valence-corrected chi connectivity index (χ2v) is 10.1. The lowest BCUT2D eigenvalue weighted by molar-refractivity contribution is -0.108. The highest BCUT2D eigenvalue weighted by molar-refractivity contribution is 7.11. The third-order valence-electron chi connectivity index (χ3n) is 6.24. The first kappa shape index (κ1) is 22.3. The van der Waals surface area contributed by atoms with E-state index in [1.807, 2.05) is 30.3 Å². The normalized spacial score (nSPS) is 18.5. The zero-order valence-electron chi connectivity index (χ0n) is 18.7. The second-order valence-electron chi connectivity index (χ2n) is 9.02. The molecule has 182 valence electrons. The summed E-state index contributed by atoms with van der Waals surface area (Å²) in [7, 11) is 0. The number of aryl methyl sites for hydroxylation is 1. The van der Waals surface area contributed by atoms with Crippen LogP contribution in [0.4, 0.5) is 8.78 Å². The molecule has 4 aromatic rings. The maximum absolute atomic E-state index is 13.5. The Bertz CT molecular complexity index is 1280. The fourth-order valence-electron chi connectivity index (χ4n) is 4.15. The largest absolute Gasteiger partial charge is 0.339 e. The van der Waals surface area contributed by atoms with Gasteiger partial charge in [0.15, 0.2) is 5.82 Å². The van der Waals surface area contributed by atoms with Crippen LogP contribution in [0.2, 0.25) is 0 Å². The fraction of sp³-hybridized carbons (Fsp3) is 0.500. The van der Waals surface area contributed by atoms with Crippen molar-refractivity contribution in [1.29, 1.82) is 0 Å². The lowest BCUT2D eigenvalue weighted by Gasteiger charge is -2.35. The van der Waals surface area contributed by atoms with Crippen molar-refractivity contribution in [3.8, 4) is 11.4 Å². The predicted octanol–water partition coefficient (Wildman–Crippen LogP) is 3.73. The number of aromatic nitrogens is 8. The van der Waals surface area contributed by atoms with Gasteiger partial charge in [-0.3, -0.25) is 0 Å². The van der Waals surface area contributed by atoms with Gasteiger partial charge in [0.1, 0.15) is 16.1 Å². The molecule has 1 atom stereocenters. The quantitative estimate of drug-likeness (QED) is 0.325. The van der Waals surface area contributed by atoms with Crippen LogP contribution in [-0.4, -0.2) is 53.0 Å². The molecule has 0 amide bonds. The standard InChI is InChI=1S/C22H23F2N9OS/c23-22(24)11-15(12-22)33-19(27-31-32-33)17(21-29-28-20(35-21)14-8-9-14)25-10-4-7-16-26-18(30-34-16)13-5-2-1-3-6-13/h1-3,5-6,14-15,17,25H,4,7-12H2. The fourth-order valence-corrected chi connectivity index (χ4v) is 5.23. The topological polar surface area (TPSA) is 120 Å². The summed E-state index contributed by atoms with van der Waals surface area (Å²) in [6, 6.07) is 8.79. The highest BCUT2D eigenvalue weighted by Crippen LogP contribution is 2.46. The summed E-state index contributed by atoms with van der Waals surface area (Å²) >= 11 is 1.53. The summed E-state index contributed by atoms with van der Waals surface area (Å²) in [5, 5.41) is 30.0. The Morgan fingerprint density at radius 3 is 2.74 bits per heavy atom. The van der Waals surface area contributed by atoms with E-state index < -0.39 is 18.0 Å². The van der Waals surface area contributed by atoms with Crippen molar-refractivity contribution >= 4 is 11.3 Å². The Hall–Kier alpha value is -3.19. The molecule has 10 nitrogen and oxygen atoms in total. The molecular weight excluding hydrogens is 476 g/mol. The van der Waals surface area contributed by atoms with Gasteiger partial charge in [0.2, 0.25) is 11.7 Å². The van der Waals surface area contributed by atoms with Gasteiger partial charge in [0.25, 0.3) is 5.92 Å². The van der Waals surface area contributed by atoms with Crippen LogP contribution in [0.25, 0.3) is 11.4 Å². The molecule has 3 heterocycles. The van der Waals surface area contributed by atoms with Gasteiger partial charge in [-0.15, -0.1) is 15.3 Å². The van der Waals surface area contributed by atoms with Crippen molar-refractivity contribution in [2.24, 2.45) is 0 Å². The smallest absolute Gasteiger partial charge is 0.252 e. The first-order chi connectivity index (χ1) is 17.1. The van der Waals surface area contributed by atoms with E-state index >= 15 is 0 Å². The van der Waals surface area contributed by atoms with Crippen LogP contribution < -0.4 is 5.32 Å². The molecule has 1 aromatic carbocycles. The van der Waals surface area contributed by atoms with Crippen LogP contribution in [0.3, 0.4) is 0 Å². The number of alkyl halides is 2. The minimum absolute atomic E-state index is 0.262. The van der Waals surface area contributed by atoms with Crippen LogP contribution in [0.5, 0.6) is 0 Å². The van der Waals surface area contributed by atoms with Gasteiger partial charge in [-0.1, -0.05) is 46.8 Å². The summed E-state index contributed by atoms with van der Waals surface area (Å²) in [6.07, 6.45) is 3.02. The second kappa shape index (κ2) is 9.11. The first-order valence-electron chi connectivity index (χ1n) is 11.7. The minimum atomic E-state index is -2.67. The summed E-state index contributed by atoms with van der Waals surface area (Å²) in [5.74, 6) is -0.603. The zero-order valence-corrected chi connectivity index (χ0v) is 19.5. The average Bonchev–Trinajstić information content (AvgIpc) is 3.24. The van der Waals surface area contributed by atoms with E-state index in [1.54, 1.807) is 0 Å². The molecule has 0 radical (unpaired) electrons. The van der Waals surface area contributed by atoms with E-state index in [1.165, 1.54) is 16.0 Å². The minimum Gasteiger partial charge on any atom is -0.339 e. The molecule has 0 aliphatic heterocycles. The Kier molecular flexibility index (Phi) is 5.80. The molecule has 0 saturated heterocycles. The molecular formula is C22H23F2N9OS. The Balaban J connectivity index is 1.14. The van der Waals surface area contributed by atoms with Crippen LogP contribution >= 0.6 is 11.3 Å². The number of halogens is 2. The molecule has 6 rings (SSSR count). The predicted molar refractivity (Wildman–Crippen MR) is 121 cm³/mol. The number of nitrogens with zero attached hydrogens (tertiary/aromatic N) is 8. The molecule has 2 aliphatic rings. The first-order valence-corrected chi connectivity index (χ1v) is 12.5. The van der Waals surface area contributed by atoms with Crippen molar-refractivity contribution in [3.05, 3.63) is 52.1 Å². The van der Waals surface area contributed by atoms with Crippen molar-refractivity contribution in [3.63, 3.8) is 0 Å². The van der Waals surface area contributed by atoms with Crippen molar-refractivity contribution < 1.29 is 13.3 Å². The number of rotatable bonds is 10. The third kappa shape index (κ3) is 4.82. The molecule has 1 unspecified atom stereocenters. The van der Waals surface area contributed by atoms with Gasteiger partial charge in [-0.2, -0.15) is 4.98 Å². The molecule has 35 heavy (non-hydrogen) atoms. The molecule has 1 N–H and O–H groups in total. The Morgan fingerprint density at radius 1 is 1.14 bits per heavy atom. The monoisotopic (exact) mass is 499 g/mol. The summed E-state index contributed by atoms with van der Waals surface area (Å²) in [6.45, 7) is 0.583. The van der Waals surface area contributed by atoms with Crippen molar-refractivity contribution in [1.82, 2.24) is 45.9 Å². The molecule has 13 heteroatoms. The van der Waals surface area contributed by atoms with Gasteiger partial charge in [-0.05, 0) is 36.2 Å². The molecule has 2 fully saturated rings. The maximum atomic E-state index is 13.5. The van der Waals surface area contributed by atoms with Crippen LogP contribution in [0.1, 0.15) is 71.8 Å². The highest BCUT2D eigenvalue weighted by atomic mass is 32.1. The van der Waals surface area contributed by atoms with E-state index in [0.717, 1.165) is 28.4 Å². The van der Waals surface area contributed by atoms with Gasteiger partial charge < -0.3 is 9.84 Å². The van der Waals surface area contributed by atoms with E-state index in [9.17, 15) is 8.78 Å². The molecule has 3 aromatic heterocycles. The van der Waals surface area contributed by atoms with Gasteiger partial charge in [-0.25, -0.2) is 13.5 Å². The zero-order chi connectivity index (χ0) is 23.8. The SMILES string of the molecule is FC1(F)CC(n2nnnc2C(NCCCc2nc(-c3ccccc3)no2)c2nnc(C3CC3)s2)C1. The number of hydrogen-bond acceptors (Lipinski definition) is 10. The van der Waals surface area contributed by atoms with Gasteiger partial charge >= 0.3 is 0 Å². The highest BCUT2D eigenvalue weighted by Gasteiger charge is 2.48. The van der Waals surface area contributed by atoms with Crippen molar-refractivity contribution in [2.45, 2.75) is 62.4 Å². The van der Waals surface area contributed by atoms with E-state index in [0.29, 0.717) is 42.8 Å². The molecule has 0 bridgehead atoms. The van der Waals surface area contributed by atoms with E-state index in [-0.39, 0.29) is 12.8 Å². The van der Waals surface area contributed by atoms with E-state index in [4.69, 9.17) is 4.52 Å². The average molecular weight is 500 g/mol. The van der Waals surface area contributed by atoms with Crippen LogP contribution in [-0.2, 0) is 6.42 Å². The van der Waals surface area contributed by atoms with E-state index in [2.05, 4.69) is 41.2 Å². The number of benzene rings is 1. The Morgan fingerprint density at radius 2 is 1.97 bits per heavy atom. The number of tetrazole rings is 1. The summed E-state index contributed by atoms with van der Waals surface area (Å²) in [4.78, 5) is 4.47. The molecule has 0 spiro atoms. The summed E-state index contributed by atoms with van der Waals surface area (Å²) in [5.41, 5.74) is 0.900. The maximum Gasteiger partial charge on any atom is 0.252 e. The number of hydrogen-bond donors (Lipinski definition) is 1. The Labute approximate surface area is 203 Å². The van der Waals surface area contributed by atoms with Crippen LogP contribution in [0, 0.1) is 0 Å². The van der Waals surface area contributed by atoms with Gasteiger partial charge in [0, 0.05) is 30.7 Å². The van der Waals surface area contributed by atoms with Crippen molar-refractivity contribution in [2.75, 3.05) is 6.54 Å². The molecule has 2 saturated carbocycles.